The smallest absolute Gasteiger partial charge is 0.0927 e. The van der Waals surface area contributed by atoms with Crippen LogP contribution in [0.1, 0.15) is 39.0 Å². The lowest BCUT2D eigenvalue weighted by atomic mass is 9.80. The number of aliphatic hydroxyl groups is 1. The average molecular weight is 152 g/mol. The van der Waals surface area contributed by atoms with Gasteiger partial charge < -0.3 is 5.11 Å². The van der Waals surface area contributed by atoms with Gasteiger partial charge in [0.15, 0.2) is 0 Å². The lowest BCUT2D eigenvalue weighted by Gasteiger charge is -2.31. The van der Waals surface area contributed by atoms with E-state index in [0.717, 1.165) is 31.3 Å². The first-order valence-electron chi connectivity index (χ1n) is 4.28. The summed E-state index contributed by atoms with van der Waals surface area (Å²) in [5.41, 5.74) is 3.14. The van der Waals surface area contributed by atoms with Crippen LogP contribution in [0.3, 0.4) is 0 Å². The first-order valence-corrected chi connectivity index (χ1v) is 4.28. The van der Waals surface area contributed by atoms with Gasteiger partial charge in [0.1, 0.15) is 0 Å². The average Bonchev–Trinajstić information content (AvgIpc) is 2.04. The number of rotatable bonds is 1. The van der Waals surface area contributed by atoms with Crippen LogP contribution in [-0.2, 0) is 0 Å². The van der Waals surface area contributed by atoms with Crippen LogP contribution in [0.15, 0.2) is 17.9 Å². The molecule has 0 bridgehead atoms. The Morgan fingerprint density at radius 3 is 2.36 bits per heavy atom. The summed E-state index contributed by atoms with van der Waals surface area (Å²) < 4.78 is 0. The lowest BCUT2D eigenvalue weighted by molar-refractivity contribution is 0.0399. The third-order valence-electron chi connectivity index (χ3n) is 2.64. The molecule has 1 aliphatic carbocycles. The van der Waals surface area contributed by atoms with Crippen LogP contribution in [0.25, 0.3) is 0 Å². The Bertz CT molecular complexity index is 181. The molecule has 0 aromatic rings. The molecule has 0 heterocycles. The van der Waals surface area contributed by atoms with Gasteiger partial charge in [-0.1, -0.05) is 25.8 Å². The predicted octanol–water partition coefficient (Wildman–Crippen LogP) is 2.41. The van der Waals surface area contributed by atoms with Gasteiger partial charge >= 0.3 is 0 Å². The van der Waals surface area contributed by atoms with Crippen LogP contribution in [-0.4, -0.2) is 10.7 Å². The van der Waals surface area contributed by atoms with Gasteiger partial charge in [0.2, 0.25) is 0 Å². The molecule has 1 rings (SSSR count). The van der Waals surface area contributed by atoms with E-state index in [4.69, 9.17) is 0 Å². The van der Waals surface area contributed by atoms with E-state index in [1.54, 1.807) is 0 Å². The molecule has 11 heavy (non-hydrogen) atoms. The standard InChI is InChI=1S/C10H16O/c1-3-9(2)10(11)7-5-4-6-8-10/h11H,1,4-8H2,2H3. The monoisotopic (exact) mass is 152 g/mol. The van der Waals surface area contributed by atoms with Gasteiger partial charge in [-0.15, -0.1) is 5.73 Å². The Hall–Kier alpha value is -0.520. The fraction of sp³-hybridized carbons (Fsp3) is 0.700. The largest absolute Gasteiger partial charge is 0.385 e. The number of hydrogen-bond acceptors (Lipinski definition) is 1. The maximum atomic E-state index is 10.0. The van der Waals surface area contributed by atoms with Gasteiger partial charge in [0.05, 0.1) is 5.60 Å². The molecule has 1 aliphatic rings. The second-order valence-corrected chi connectivity index (χ2v) is 3.39. The SMILES string of the molecule is C=C=C(C)C1(O)CCCCC1. The Morgan fingerprint density at radius 1 is 1.36 bits per heavy atom. The zero-order valence-corrected chi connectivity index (χ0v) is 7.19. The fourth-order valence-corrected chi connectivity index (χ4v) is 1.68. The summed E-state index contributed by atoms with van der Waals surface area (Å²) in [6.07, 6.45) is 5.31. The van der Waals surface area contributed by atoms with Crippen molar-refractivity contribution in [2.45, 2.75) is 44.6 Å². The van der Waals surface area contributed by atoms with Gasteiger partial charge in [0, 0.05) is 0 Å². The Kier molecular flexibility index (Phi) is 2.53. The highest BCUT2D eigenvalue weighted by atomic mass is 16.3. The number of hydrogen-bond donors (Lipinski definition) is 1. The summed E-state index contributed by atoms with van der Waals surface area (Å²) in [7, 11) is 0. The summed E-state index contributed by atoms with van der Waals surface area (Å²) in [4.78, 5) is 0. The lowest BCUT2D eigenvalue weighted by Crippen LogP contribution is -2.32. The third kappa shape index (κ3) is 1.74. The highest BCUT2D eigenvalue weighted by Gasteiger charge is 2.30. The maximum Gasteiger partial charge on any atom is 0.0927 e. The summed E-state index contributed by atoms with van der Waals surface area (Å²) in [5, 5.41) is 10.0. The van der Waals surface area contributed by atoms with E-state index in [-0.39, 0.29) is 0 Å². The van der Waals surface area contributed by atoms with Crippen molar-refractivity contribution in [3.8, 4) is 0 Å². The Balaban J connectivity index is 2.71. The van der Waals surface area contributed by atoms with E-state index in [0.29, 0.717) is 0 Å². The van der Waals surface area contributed by atoms with Crippen LogP contribution < -0.4 is 0 Å². The molecular formula is C10H16O. The zero-order chi connectivity index (χ0) is 8.32. The minimum Gasteiger partial charge on any atom is -0.385 e. The zero-order valence-electron chi connectivity index (χ0n) is 7.19. The summed E-state index contributed by atoms with van der Waals surface area (Å²) in [5.74, 6) is 0. The molecule has 1 N–H and O–H groups in total. The molecule has 0 unspecified atom stereocenters. The van der Waals surface area contributed by atoms with Crippen molar-refractivity contribution < 1.29 is 5.11 Å². The molecule has 0 aromatic heterocycles. The Morgan fingerprint density at radius 2 is 1.91 bits per heavy atom. The molecule has 0 radical (unpaired) electrons. The second kappa shape index (κ2) is 3.25. The third-order valence-corrected chi connectivity index (χ3v) is 2.64. The van der Waals surface area contributed by atoms with Crippen molar-refractivity contribution in [3.63, 3.8) is 0 Å². The van der Waals surface area contributed by atoms with Crippen LogP contribution in [0.4, 0.5) is 0 Å². The van der Waals surface area contributed by atoms with Crippen LogP contribution in [0.5, 0.6) is 0 Å². The molecule has 1 fully saturated rings. The molecule has 1 saturated carbocycles. The van der Waals surface area contributed by atoms with E-state index in [2.05, 4.69) is 12.3 Å². The van der Waals surface area contributed by atoms with Gasteiger partial charge in [-0.25, -0.2) is 0 Å². The molecular weight excluding hydrogens is 136 g/mol. The molecule has 1 heteroatoms. The molecule has 62 valence electrons. The van der Waals surface area contributed by atoms with Crippen molar-refractivity contribution in [2.24, 2.45) is 0 Å². The van der Waals surface area contributed by atoms with E-state index in [1.807, 2.05) is 6.92 Å². The quantitative estimate of drug-likeness (QED) is 0.572. The summed E-state index contributed by atoms with van der Waals surface area (Å²) in [6, 6.07) is 0. The van der Waals surface area contributed by atoms with Gasteiger partial charge in [-0.2, -0.15) is 0 Å². The van der Waals surface area contributed by atoms with E-state index >= 15 is 0 Å². The van der Waals surface area contributed by atoms with Crippen molar-refractivity contribution in [1.29, 1.82) is 0 Å². The van der Waals surface area contributed by atoms with E-state index in [1.165, 1.54) is 6.42 Å². The molecule has 0 atom stereocenters. The molecule has 0 amide bonds. The van der Waals surface area contributed by atoms with Crippen LogP contribution in [0.2, 0.25) is 0 Å². The molecule has 0 aromatic carbocycles. The predicted molar refractivity (Wildman–Crippen MR) is 46.4 cm³/mol. The highest BCUT2D eigenvalue weighted by molar-refractivity contribution is 5.12. The van der Waals surface area contributed by atoms with Crippen molar-refractivity contribution in [3.05, 3.63) is 17.9 Å². The molecule has 0 saturated heterocycles. The minimum atomic E-state index is -0.569. The second-order valence-electron chi connectivity index (χ2n) is 3.39. The van der Waals surface area contributed by atoms with Crippen LogP contribution >= 0.6 is 0 Å². The minimum absolute atomic E-state index is 0.569. The van der Waals surface area contributed by atoms with Crippen molar-refractivity contribution in [2.75, 3.05) is 0 Å². The van der Waals surface area contributed by atoms with Gasteiger partial charge in [-0.3, -0.25) is 0 Å². The normalized spacial score (nSPS) is 22.4. The molecule has 1 nitrogen and oxygen atoms in total. The fourth-order valence-electron chi connectivity index (χ4n) is 1.68. The molecule has 0 aliphatic heterocycles. The van der Waals surface area contributed by atoms with E-state index in [9.17, 15) is 5.11 Å². The van der Waals surface area contributed by atoms with Gasteiger partial charge in [0.25, 0.3) is 0 Å². The maximum absolute atomic E-state index is 10.0. The van der Waals surface area contributed by atoms with E-state index < -0.39 is 5.60 Å². The molecule has 0 spiro atoms. The topological polar surface area (TPSA) is 20.2 Å². The first kappa shape index (κ1) is 8.58. The highest BCUT2D eigenvalue weighted by Crippen LogP contribution is 2.33. The van der Waals surface area contributed by atoms with Crippen LogP contribution in [0, 0.1) is 0 Å². The van der Waals surface area contributed by atoms with Crippen molar-refractivity contribution in [1.82, 2.24) is 0 Å². The summed E-state index contributed by atoms with van der Waals surface area (Å²) >= 11 is 0. The Labute approximate surface area is 68.4 Å². The van der Waals surface area contributed by atoms with Crippen molar-refractivity contribution >= 4 is 0 Å². The summed E-state index contributed by atoms with van der Waals surface area (Å²) in [6.45, 7) is 5.47. The first-order chi connectivity index (χ1) is 5.19. The van der Waals surface area contributed by atoms with Gasteiger partial charge in [-0.05, 0) is 25.3 Å².